The van der Waals surface area contributed by atoms with E-state index < -0.39 is 5.60 Å². The number of carbonyl (C=O) groups excluding carboxylic acids is 1. The number of amides is 1. The van der Waals surface area contributed by atoms with Crippen LogP contribution in [0.25, 0.3) is 0 Å². The predicted octanol–water partition coefficient (Wildman–Crippen LogP) is 3.73. The Balaban J connectivity index is 4.11. The van der Waals surface area contributed by atoms with Gasteiger partial charge >= 0.3 is 6.09 Å². The zero-order valence-electron chi connectivity index (χ0n) is 11.6. The predicted molar refractivity (Wildman–Crippen MR) is 67.5 cm³/mol. The van der Waals surface area contributed by atoms with Gasteiger partial charge in [0.1, 0.15) is 5.60 Å². The Kier molecular flexibility index (Phi) is 6.46. The molecule has 0 aliphatic carbocycles. The Hall–Kier alpha value is -0.730. The van der Waals surface area contributed by atoms with E-state index >= 15 is 0 Å². The van der Waals surface area contributed by atoms with Crippen molar-refractivity contribution in [1.82, 2.24) is 5.32 Å². The number of alkyl carbamates (subject to hydrolysis) is 1. The normalized spacial score (nSPS) is 15.4. The summed E-state index contributed by atoms with van der Waals surface area (Å²) in [6.45, 7) is 12.0. The lowest BCUT2D eigenvalue weighted by Gasteiger charge is -2.26. The van der Waals surface area contributed by atoms with Gasteiger partial charge in [-0.25, -0.2) is 4.79 Å². The van der Waals surface area contributed by atoms with E-state index in [1.54, 1.807) is 0 Å². The van der Waals surface area contributed by atoms with Gasteiger partial charge in [-0.2, -0.15) is 0 Å². The van der Waals surface area contributed by atoms with Crippen LogP contribution < -0.4 is 5.32 Å². The Labute approximate surface area is 99.9 Å². The standard InChI is InChI=1S/C13H27NO2/c1-7-9-11(8-2)10(3)14-12(15)16-13(4,5)6/h10-11H,7-9H2,1-6H3,(H,14,15)/t10-,11-/m1/s1. The summed E-state index contributed by atoms with van der Waals surface area (Å²) in [5, 5.41) is 2.91. The van der Waals surface area contributed by atoms with Crippen LogP contribution in [0.15, 0.2) is 0 Å². The van der Waals surface area contributed by atoms with Crippen molar-refractivity contribution >= 4 is 6.09 Å². The third-order valence-corrected chi connectivity index (χ3v) is 2.64. The lowest BCUT2D eigenvalue weighted by atomic mass is 9.93. The molecule has 1 N–H and O–H groups in total. The highest BCUT2D eigenvalue weighted by Crippen LogP contribution is 2.16. The Bertz CT molecular complexity index is 208. The highest BCUT2D eigenvalue weighted by molar-refractivity contribution is 5.68. The molecule has 0 heterocycles. The van der Waals surface area contributed by atoms with Crippen molar-refractivity contribution in [2.24, 2.45) is 5.92 Å². The first-order valence-corrected chi connectivity index (χ1v) is 6.29. The molecular formula is C13H27NO2. The average Bonchev–Trinajstić information content (AvgIpc) is 2.10. The van der Waals surface area contributed by atoms with E-state index in [2.05, 4.69) is 19.2 Å². The molecule has 0 fully saturated rings. The van der Waals surface area contributed by atoms with Crippen molar-refractivity contribution in [3.63, 3.8) is 0 Å². The lowest BCUT2D eigenvalue weighted by Crippen LogP contribution is -2.41. The van der Waals surface area contributed by atoms with Gasteiger partial charge in [0, 0.05) is 6.04 Å². The van der Waals surface area contributed by atoms with Crippen LogP contribution in [0.1, 0.15) is 60.8 Å². The number of carbonyl (C=O) groups is 1. The fourth-order valence-corrected chi connectivity index (χ4v) is 1.79. The molecule has 0 saturated carbocycles. The van der Waals surface area contributed by atoms with Crippen LogP contribution in [0.3, 0.4) is 0 Å². The van der Waals surface area contributed by atoms with Gasteiger partial charge in [-0.1, -0.05) is 26.7 Å². The number of ether oxygens (including phenoxy) is 1. The van der Waals surface area contributed by atoms with Crippen molar-refractivity contribution in [3.05, 3.63) is 0 Å². The lowest BCUT2D eigenvalue weighted by molar-refractivity contribution is 0.0489. The summed E-state index contributed by atoms with van der Waals surface area (Å²) in [6.07, 6.45) is 3.08. The van der Waals surface area contributed by atoms with Crippen LogP contribution in [0.5, 0.6) is 0 Å². The zero-order chi connectivity index (χ0) is 12.8. The minimum Gasteiger partial charge on any atom is -0.444 e. The van der Waals surface area contributed by atoms with Crippen LogP contribution in [0.2, 0.25) is 0 Å². The van der Waals surface area contributed by atoms with Gasteiger partial charge in [0.25, 0.3) is 0 Å². The molecule has 2 atom stereocenters. The van der Waals surface area contributed by atoms with E-state index in [0.717, 1.165) is 19.3 Å². The fourth-order valence-electron chi connectivity index (χ4n) is 1.79. The Morgan fingerprint density at radius 1 is 1.31 bits per heavy atom. The number of hydrogen-bond donors (Lipinski definition) is 1. The second-order valence-corrected chi connectivity index (χ2v) is 5.39. The first-order valence-electron chi connectivity index (χ1n) is 6.29. The van der Waals surface area contributed by atoms with Gasteiger partial charge in [0.2, 0.25) is 0 Å². The maximum atomic E-state index is 11.6. The molecule has 0 aliphatic heterocycles. The highest BCUT2D eigenvalue weighted by Gasteiger charge is 2.21. The van der Waals surface area contributed by atoms with E-state index in [4.69, 9.17) is 4.74 Å². The minimum atomic E-state index is -0.420. The molecule has 0 aliphatic rings. The first-order chi connectivity index (χ1) is 7.30. The maximum Gasteiger partial charge on any atom is 0.407 e. The second kappa shape index (κ2) is 6.77. The van der Waals surface area contributed by atoms with Crippen molar-refractivity contribution < 1.29 is 9.53 Å². The van der Waals surface area contributed by atoms with Crippen molar-refractivity contribution in [2.75, 3.05) is 0 Å². The summed E-state index contributed by atoms with van der Waals surface area (Å²) in [5.41, 5.74) is -0.420. The summed E-state index contributed by atoms with van der Waals surface area (Å²) in [7, 11) is 0. The molecule has 0 bridgehead atoms. The van der Waals surface area contributed by atoms with Crippen LogP contribution >= 0.6 is 0 Å². The molecule has 16 heavy (non-hydrogen) atoms. The van der Waals surface area contributed by atoms with Crippen molar-refractivity contribution in [2.45, 2.75) is 72.4 Å². The minimum absolute atomic E-state index is 0.180. The van der Waals surface area contributed by atoms with E-state index in [-0.39, 0.29) is 12.1 Å². The SMILES string of the molecule is CCC[C@@H](CC)[C@@H](C)NC(=O)OC(C)(C)C. The molecule has 96 valence electrons. The highest BCUT2D eigenvalue weighted by atomic mass is 16.6. The van der Waals surface area contributed by atoms with E-state index in [1.165, 1.54) is 0 Å². The summed E-state index contributed by atoms with van der Waals surface area (Å²) in [5.74, 6) is 0.539. The molecule has 3 heteroatoms. The summed E-state index contributed by atoms with van der Waals surface area (Å²) >= 11 is 0. The third kappa shape index (κ3) is 6.70. The van der Waals surface area contributed by atoms with Gasteiger partial charge in [0.05, 0.1) is 0 Å². The number of rotatable bonds is 5. The second-order valence-electron chi connectivity index (χ2n) is 5.39. The molecule has 0 saturated heterocycles. The van der Waals surface area contributed by atoms with Crippen molar-refractivity contribution in [3.8, 4) is 0 Å². The smallest absolute Gasteiger partial charge is 0.407 e. The molecule has 0 radical (unpaired) electrons. The molecular weight excluding hydrogens is 202 g/mol. The first kappa shape index (κ1) is 15.3. The van der Waals surface area contributed by atoms with Gasteiger partial charge in [0.15, 0.2) is 0 Å². The summed E-state index contributed by atoms with van der Waals surface area (Å²) in [4.78, 5) is 11.6. The van der Waals surface area contributed by atoms with Crippen LogP contribution in [0, 0.1) is 5.92 Å². The van der Waals surface area contributed by atoms with Crippen LogP contribution in [-0.2, 0) is 4.74 Å². The van der Waals surface area contributed by atoms with Gasteiger partial charge in [-0.15, -0.1) is 0 Å². The van der Waals surface area contributed by atoms with Crippen molar-refractivity contribution in [1.29, 1.82) is 0 Å². The molecule has 0 unspecified atom stereocenters. The molecule has 3 nitrogen and oxygen atoms in total. The molecule has 0 rings (SSSR count). The molecule has 0 aromatic heterocycles. The topological polar surface area (TPSA) is 38.3 Å². The maximum absolute atomic E-state index is 11.6. The largest absolute Gasteiger partial charge is 0.444 e. The van der Waals surface area contributed by atoms with E-state index in [9.17, 15) is 4.79 Å². The average molecular weight is 229 g/mol. The molecule has 0 aromatic rings. The molecule has 0 aromatic carbocycles. The molecule has 0 spiro atoms. The van der Waals surface area contributed by atoms with E-state index in [1.807, 2.05) is 27.7 Å². The Morgan fingerprint density at radius 3 is 2.25 bits per heavy atom. The Morgan fingerprint density at radius 2 is 1.88 bits per heavy atom. The quantitative estimate of drug-likeness (QED) is 0.780. The fraction of sp³-hybridized carbons (Fsp3) is 0.923. The summed E-state index contributed by atoms with van der Waals surface area (Å²) < 4.78 is 5.23. The summed E-state index contributed by atoms with van der Waals surface area (Å²) in [6, 6.07) is 0.180. The number of nitrogens with one attached hydrogen (secondary N) is 1. The number of hydrogen-bond acceptors (Lipinski definition) is 2. The third-order valence-electron chi connectivity index (χ3n) is 2.64. The van der Waals surface area contributed by atoms with Gasteiger partial charge in [-0.3, -0.25) is 0 Å². The van der Waals surface area contributed by atoms with Crippen LogP contribution in [-0.4, -0.2) is 17.7 Å². The van der Waals surface area contributed by atoms with E-state index in [0.29, 0.717) is 5.92 Å². The van der Waals surface area contributed by atoms with Crippen LogP contribution in [0.4, 0.5) is 4.79 Å². The monoisotopic (exact) mass is 229 g/mol. The molecule has 1 amide bonds. The van der Waals surface area contributed by atoms with Gasteiger partial charge < -0.3 is 10.1 Å². The van der Waals surface area contributed by atoms with Gasteiger partial charge in [-0.05, 0) is 40.0 Å². The zero-order valence-corrected chi connectivity index (χ0v) is 11.6.